The van der Waals surface area contributed by atoms with Gasteiger partial charge in [0.1, 0.15) is 0 Å². The van der Waals surface area contributed by atoms with E-state index in [0.717, 1.165) is 26.2 Å². The molecule has 0 amide bonds. The molecule has 2 aliphatic rings. The van der Waals surface area contributed by atoms with Crippen LogP contribution >= 0.6 is 71.2 Å². The summed E-state index contributed by atoms with van der Waals surface area (Å²) in [5.41, 5.74) is 13.5. The van der Waals surface area contributed by atoms with Crippen molar-refractivity contribution >= 4 is 106 Å². The Hall–Kier alpha value is -1.68. The highest BCUT2D eigenvalue weighted by Crippen LogP contribution is 2.35. The zero-order valence-electron chi connectivity index (χ0n) is 16.5. The van der Waals surface area contributed by atoms with Crippen LogP contribution in [-0.4, -0.2) is 38.1 Å². The quantitative estimate of drug-likeness (QED) is 0.294. The molecular weight excluding hydrogens is 541 g/mol. The fourth-order valence-electron chi connectivity index (χ4n) is 2.56. The normalized spacial score (nSPS) is 13.8. The molecule has 8 nitrogen and oxygen atoms in total. The third kappa shape index (κ3) is 7.16. The van der Waals surface area contributed by atoms with Gasteiger partial charge in [-0.3, -0.25) is 9.98 Å². The molecule has 0 bridgehead atoms. The molecule has 0 radical (unpaired) electrons. The van der Waals surface area contributed by atoms with Gasteiger partial charge < -0.3 is 32.7 Å². The number of nitrogen functional groups attached to an aromatic ring is 2. The fraction of sp³-hybridized carbons (Fsp3) is 0.222. The van der Waals surface area contributed by atoms with Crippen molar-refractivity contribution in [2.45, 2.75) is 0 Å². The first-order chi connectivity index (χ1) is 14.4. The maximum atomic E-state index is 6.02. The summed E-state index contributed by atoms with van der Waals surface area (Å²) in [6.07, 6.45) is 0. The molecule has 0 aliphatic carbocycles. The lowest BCUT2D eigenvalue weighted by Gasteiger charge is -2.11. The zero-order valence-corrected chi connectivity index (χ0v) is 21.2. The molecular formula is C18H22Cl6N8. The number of benzene rings is 2. The van der Waals surface area contributed by atoms with Gasteiger partial charge in [0, 0.05) is 13.1 Å². The Morgan fingerprint density at radius 2 is 1.31 bits per heavy atom. The third-order valence-electron chi connectivity index (χ3n) is 4.09. The van der Waals surface area contributed by atoms with Crippen molar-refractivity contribution in [3.8, 4) is 0 Å². The summed E-state index contributed by atoms with van der Waals surface area (Å²) in [7, 11) is 0. The minimum atomic E-state index is 0. The number of nitrogens with one attached hydrogen (secondary N) is 4. The van der Waals surface area contributed by atoms with Crippen LogP contribution in [0.3, 0.4) is 0 Å². The van der Waals surface area contributed by atoms with Gasteiger partial charge in [0.25, 0.3) is 0 Å². The van der Waals surface area contributed by atoms with E-state index in [0.29, 0.717) is 54.8 Å². The Morgan fingerprint density at radius 1 is 0.750 bits per heavy atom. The van der Waals surface area contributed by atoms with Crippen LogP contribution in [0.2, 0.25) is 20.1 Å². The van der Waals surface area contributed by atoms with Gasteiger partial charge in [0.2, 0.25) is 0 Å². The van der Waals surface area contributed by atoms with E-state index in [1.807, 2.05) is 0 Å². The summed E-state index contributed by atoms with van der Waals surface area (Å²) in [6.45, 7) is 3.17. The molecule has 0 spiro atoms. The van der Waals surface area contributed by atoms with E-state index in [9.17, 15) is 0 Å². The molecule has 14 heteroatoms. The lowest BCUT2D eigenvalue weighted by atomic mass is 10.3. The van der Waals surface area contributed by atoms with Crippen molar-refractivity contribution in [2.75, 3.05) is 48.3 Å². The maximum Gasteiger partial charge on any atom is 0.196 e. The van der Waals surface area contributed by atoms with Gasteiger partial charge >= 0.3 is 0 Å². The Labute approximate surface area is 218 Å². The summed E-state index contributed by atoms with van der Waals surface area (Å²) < 4.78 is 0. The van der Waals surface area contributed by atoms with E-state index in [4.69, 9.17) is 57.9 Å². The predicted octanol–water partition coefficient (Wildman–Crippen LogP) is 4.74. The molecule has 2 heterocycles. The van der Waals surface area contributed by atoms with E-state index >= 15 is 0 Å². The number of aliphatic imine (C=N–C) groups is 2. The van der Waals surface area contributed by atoms with E-state index < -0.39 is 0 Å². The first kappa shape index (κ1) is 28.4. The lowest BCUT2D eigenvalue weighted by molar-refractivity contribution is 0.959. The van der Waals surface area contributed by atoms with Crippen molar-refractivity contribution in [1.82, 2.24) is 10.6 Å². The molecule has 2 aliphatic heterocycles. The standard InChI is InChI=1S/2C9H10Cl2N4.2ClH/c10-5-1-2-6(7(11)8(5)12)15-9-13-3-4-14-9;10-5-1-2-6(12)7(11)8(5)15-9-13-3-4-14-9;;/h2*1-2H,3-4,12H2,(H2,13,14,15);2*1H. The van der Waals surface area contributed by atoms with Gasteiger partial charge in [0.05, 0.1) is 55.9 Å². The molecule has 176 valence electrons. The van der Waals surface area contributed by atoms with E-state index in [1.54, 1.807) is 24.3 Å². The van der Waals surface area contributed by atoms with Crippen LogP contribution in [0.25, 0.3) is 0 Å². The predicted molar refractivity (Wildman–Crippen MR) is 144 cm³/mol. The highest BCUT2D eigenvalue weighted by atomic mass is 35.5. The Kier molecular flexibility index (Phi) is 11.6. The fourth-order valence-corrected chi connectivity index (χ4v) is 3.44. The first-order valence-electron chi connectivity index (χ1n) is 8.94. The van der Waals surface area contributed by atoms with Gasteiger partial charge in [0.15, 0.2) is 11.9 Å². The summed E-state index contributed by atoms with van der Waals surface area (Å²) >= 11 is 23.9. The number of guanidine groups is 2. The zero-order chi connectivity index (χ0) is 21.7. The summed E-state index contributed by atoms with van der Waals surface area (Å²) in [4.78, 5) is 8.37. The molecule has 0 fully saturated rings. The number of rotatable bonds is 2. The third-order valence-corrected chi connectivity index (χ3v) is 5.55. The Bertz CT molecular complexity index is 998. The van der Waals surface area contributed by atoms with Crippen LogP contribution in [0.5, 0.6) is 0 Å². The summed E-state index contributed by atoms with van der Waals surface area (Å²) in [5.74, 6) is 1.38. The molecule has 2 aromatic rings. The number of halogens is 6. The number of anilines is 4. The average molecular weight is 563 g/mol. The first-order valence-corrected chi connectivity index (χ1v) is 10.5. The lowest BCUT2D eigenvalue weighted by Crippen LogP contribution is -2.26. The van der Waals surface area contributed by atoms with Crippen molar-refractivity contribution < 1.29 is 0 Å². The highest BCUT2D eigenvalue weighted by Gasteiger charge is 2.13. The second kappa shape index (κ2) is 13.1. The summed E-state index contributed by atoms with van der Waals surface area (Å²) in [5, 5.41) is 14.0. The van der Waals surface area contributed by atoms with Gasteiger partial charge in [-0.25, -0.2) is 0 Å². The maximum absolute atomic E-state index is 6.02. The molecule has 0 atom stereocenters. The largest absolute Gasteiger partial charge is 0.397 e. The minimum Gasteiger partial charge on any atom is -0.397 e. The van der Waals surface area contributed by atoms with Gasteiger partial charge in [-0.05, 0) is 24.3 Å². The Morgan fingerprint density at radius 3 is 1.88 bits per heavy atom. The van der Waals surface area contributed by atoms with Crippen LogP contribution in [0.4, 0.5) is 22.7 Å². The topological polar surface area (TPSA) is 125 Å². The van der Waals surface area contributed by atoms with Crippen LogP contribution in [0.1, 0.15) is 0 Å². The second-order valence-corrected chi connectivity index (χ2v) is 7.78. The number of nitrogens with zero attached hydrogens (tertiary/aromatic N) is 2. The molecule has 4 rings (SSSR count). The van der Waals surface area contributed by atoms with Crippen LogP contribution < -0.4 is 32.7 Å². The molecule has 0 saturated carbocycles. The number of hydrogen-bond donors (Lipinski definition) is 6. The molecule has 0 aromatic heterocycles. The SMILES string of the molecule is Cl.Cl.Nc1c(Cl)ccc(NC2=NCCN2)c1Cl.Nc1ccc(Cl)c(NC2=NCCN2)c1Cl. The van der Waals surface area contributed by atoms with Crippen LogP contribution in [0.15, 0.2) is 34.3 Å². The van der Waals surface area contributed by atoms with Crippen LogP contribution in [0, 0.1) is 0 Å². The van der Waals surface area contributed by atoms with Gasteiger partial charge in [-0.15, -0.1) is 24.8 Å². The number of hydrogen-bond acceptors (Lipinski definition) is 8. The van der Waals surface area contributed by atoms with Crippen molar-refractivity contribution in [3.63, 3.8) is 0 Å². The highest BCUT2D eigenvalue weighted by molar-refractivity contribution is 6.42. The molecule has 32 heavy (non-hydrogen) atoms. The van der Waals surface area contributed by atoms with Crippen molar-refractivity contribution in [2.24, 2.45) is 9.98 Å². The summed E-state index contributed by atoms with van der Waals surface area (Å²) in [6, 6.07) is 6.82. The number of nitrogens with two attached hydrogens (primary N) is 2. The minimum absolute atomic E-state index is 0. The second-order valence-electron chi connectivity index (χ2n) is 6.21. The molecule has 0 unspecified atom stereocenters. The smallest absolute Gasteiger partial charge is 0.196 e. The van der Waals surface area contributed by atoms with Crippen molar-refractivity contribution in [3.05, 3.63) is 44.4 Å². The van der Waals surface area contributed by atoms with E-state index in [1.165, 1.54) is 0 Å². The molecule has 8 N–H and O–H groups in total. The monoisotopic (exact) mass is 560 g/mol. The van der Waals surface area contributed by atoms with Crippen molar-refractivity contribution in [1.29, 1.82) is 0 Å². The van der Waals surface area contributed by atoms with Crippen LogP contribution in [-0.2, 0) is 0 Å². The Balaban J connectivity index is 0.000000301. The molecule has 2 aromatic carbocycles. The van der Waals surface area contributed by atoms with Gasteiger partial charge in [-0.1, -0.05) is 46.4 Å². The van der Waals surface area contributed by atoms with E-state index in [2.05, 4.69) is 31.3 Å². The molecule has 0 saturated heterocycles. The van der Waals surface area contributed by atoms with Gasteiger partial charge in [-0.2, -0.15) is 0 Å². The van der Waals surface area contributed by atoms with E-state index in [-0.39, 0.29) is 24.8 Å². The average Bonchev–Trinajstić information content (AvgIpc) is 3.43.